The van der Waals surface area contributed by atoms with Gasteiger partial charge in [-0.2, -0.15) is 5.26 Å². The van der Waals surface area contributed by atoms with Crippen LogP contribution in [-0.4, -0.2) is 13.7 Å². The first-order valence-corrected chi connectivity index (χ1v) is 8.24. The van der Waals surface area contributed by atoms with Gasteiger partial charge in [0.15, 0.2) is 11.5 Å². The maximum atomic E-state index is 8.93. The lowest BCUT2D eigenvalue weighted by Crippen LogP contribution is -2.13. The van der Waals surface area contributed by atoms with Gasteiger partial charge in [-0.1, -0.05) is 30.7 Å². The number of hydrogen-bond donors (Lipinski definition) is 1. The summed E-state index contributed by atoms with van der Waals surface area (Å²) in [5.41, 5.74) is 2.74. The standard InChI is InChI=1S/C19H21ClN2O2/c1-3-7-24-19-17(20)9-16(10-18(19)23-2)13-22-12-15-6-4-5-14(8-15)11-21/h4-6,8-10,22H,3,7,12-13H2,1-2H3. The number of hydrogen-bond acceptors (Lipinski definition) is 4. The average molecular weight is 345 g/mol. The van der Waals surface area contributed by atoms with Crippen LogP contribution in [0.2, 0.25) is 5.02 Å². The fourth-order valence-electron chi connectivity index (χ4n) is 2.32. The molecule has 0 aliphatic rings. The van der Waals surface area contributed by atoms with Crippen molar-refractivity contribution < 1.29 is 9.47 Å². The Labute approximate surface area is 148 Å². The quantitative estimate of drug-likeness (QED) is 0.775. The average Bonchev–Trinajstić information content (AvgIpc) is 2.60. The van der Waals surface area contributed by atoms with Crippen LogP contribution in [0.15, 0.2) is 36.4 Å². The molecule has 0 saturated carbocycles. The number of halogens is 1. The second kappa shape index (κ2) is 9.17. The maximum Gasteiger partial charge on any atom is 0.179 e. The summed E-state index contributed by atoms with van der Waals surface area (Å²) in [6.45, 7) is 3.95. The predicted octanol–water partition coefficient (Wildman–Crippen LogP) is 4.30. The molecule has 0 aromatic heterocycles. The zero-order valence-electron chi connectivity index (χ0n) is 13.9. The molecular formula is C19H21ClN2O2. The van der Waals surface area contributed by atoms with E-state index in [2.05, 4.69) is 11.4 Å². The van der Waals surface area contributed by atoms with Crippen molar-refractivity contribution in [2.75, 3.05) is 13.7 Å². The third kappa shape index (κ3) is 4.89. The van der Waals surface area contributed by atoms with Crippen molar-refractivity contribution in [1.29, 1.82) is 5.26 Å². The fraction of sp³-hybridized carbons (Fsp3) is 0.316. The molecule has 126 valence electrons. The second-order valence-corrected chi connectivity index (χ2v) is 5.78. The van der Waals surface area contributed by atoms with Crippen LogP contribution in [0.3, 0.4) is 0 Å². The van der Waals surface area contributed by atoms with E-state index in [1.807, 2.05) is 37.3 Å². The molecule has 4 nitrogen and oxygen atoms in total. The minimum Gasteiger partial charge on any atom is -0.493 e. The highest BCUT2D eigenvalue weighted by atomic mass is 35.5. The molecule has 2 aromatic rings. The van der Waals surface area contributed by atoms with Crippen LogP contribution < -0.4 is 14.8 Å². The summed E-state index contributed by atoms with van der Waals surface area (Å²) in [7, 11) is 1.61. The molecule has 0 amide bonds. The van der Waals surface area contributed by atoms with Gasteiger partial charge in [0.25, 0.3) is 0 Å². The van der Waals surface area contributed by atoms with Crippen LogP contribution in [0.5, 0.6) is 11.5 Å². The van der Waals surface area contributed by atoms with E-state index in [1.54, 1.807) is 13.2 Å². The molecule has 0 heterocycles. The SMILES string of the molecule is CCCOc1c(Cl)cc(CNCc2cccc(C#N)c2)cc1OC. The van der Waals surface area contributed by atoms with E-state index in [1.165, 1.54) is 0 Å². The molecule has 0 radical (unpaired) electrons. The summed E-state index contributed by atoms with van der Waals surface area (Å²) in [5.74, 6) is 1.23. The van der Waals surface area contributed by atoms with Gasteiger partial charge in [-0.25, -0.2) is 0 Å². The number of ether oxygens (including phenoxy) is 2. The summed E-state index contributed by atoms with van der Waals surface area (Å²) in [6, 6.07) is 13.5. The van der Waals surface area contributed by atoms with Crippen molar-refractivity contribution in [3.8, 4) is 17.6 Å². The molecular weight excluding hydrogens is 324 g/mol. The first-order chi connectivity index (χ1) is 11.7. The first-order valence-electron chi connectivity index (χ1n) is 7.87. The molecule has 0 saturated heterocycles. The lowest BCUT2D eigenvalue weighted by Gasteiger charge is -2.14. The Bertz CT molecular complexity index is 726. The lowest BCUT2D eigenvalue weighted by atomic mass is 10.1. The van der Waals surface area contributed by atoms with Crippen molar-refractivity contribution in [2.45, 2.75) is 26.4 Å². The predicted molar refractivity (Wildman–Crippen MR) is 95.5 cm³/mol. The molecule has 0 aliphatic heterocycles. The third-order valence-corrected chi connectivity index (χ3v) is 3.73. The Morgan fingerprint density at radius 1 is 1.17 bits per heavy atom. The summed E-state index contributed by atoms with van der Waals surface area (Å²) < 4.78 is 11.0. The van der Waals surface area contributed by atoms with Crippen LogP contribution >= 0.6 is 11.6 Å². The van der Waals surface area contributed by atoms with Crippen molar-refractivity contribution in [2.24, 2.45) is 0 Å². The molecule has 0 spiro atoms. The van der Waals surface area contributed by atoms with Gasteiger partial charge in [0.2, 0.25) is 0 Å². The highest BCUT2D eigenvalue weighted by Crippen LogP contribution is 2.36. The van der Waals surface area contributed by atoms with Gasteiger partial charge in [-0.15, -0.1) is 0 Å². The number of benzene rings is 2. The Balaban J connectivity index is 2.02. The van der Waals surface area contributed by atoms with Gasteiger partial charge in [0.1, 0.15) is 0 Å². The van der Waals surface area contributed by atoms with Gasteiger partial charge < -0.3 is 14.8 Å². The molecule has 0 fully saturated rings. The van der Waals surface area contributed by atoms with Crippen molar-refractivity contribution in [3.63, 3.8) is 0 Å². The van der Waals surface area contributed by atoms with Crippen LogP contribution in [-0.2, 0) is 13.1 Å². The van der Waals surface area contributed by atoms with Crippen LogP contribution in [0.25, 0.3) is 0 Å². The number of rotatable bonds is 8. The van der Waals surface area contributed by atoms with E-state index >= 15 is 0 Å². The molecule has 0 atom stereocenters. The second-order valence-electron chi connectivity index (χ2n) is 5.37. The summed E-state index contributed by atoms with van der Waals surface area (Å²) >= 11 is 6.32. The fourth-order valence-corrected chi connectivity index (χ4v) is 2.61. The lowest BCUT2D eigenvalue weighted by molar-refractivity contribution is 0.294. The van der Waals surface area contributed by atoms with Gasteiger partial charge >= 0.3 is 0 Å². The topological polar surface area (TPSA) is 54.3 Å². The maximum absolute atomic E-state index is 8.93. The Hall–Kier alpha value is -2.22. The third-order valence-electron chi connectivity index (χ3n) is 3.45. The molecule has 5 heteroatoms. The molecule has 2 aromatic carbocycles. The van der Waals surface area contributed by atoms with Gasteiger partial charge in [-0.05, 0) is 41.8 Å². The Morgan fingerprint density at radius 3 is 2.67 bits per heavy atom. The minimum atomic E-state index is 0.547. The zero-order valence-corrected chi connectivity index (χ0v) is 14.7. The molecule has 0 unspecified atom stereocenters. The smallest absolute Gasteiger partial charge is 0.179 e. The van der Waals surface area contributed by atoms with E-state index in [-0.39, 0.29) is 0 Å². The molecule has 0 bridgehead atoms. The molecule has 1 N–H and O–H groups in total. The number of nitrogens with one attached hydrogen (secondary N) is 1. The van der Waals surface area contributed by atoms with Gasteiger partial charge in [-0.3, -0.25) is 0 Å². The van der Waals surface area contributed by atoms with E-state index in [0.717, 1.165) is 17.5 Å². The molecule has 0 aliphatic carbocycles. The molecule has 24 heavy (non-hydrogen) atoms. The zero-order chi connectivity index (χ0) is 17.4. The monoisotopic (exact) mass is 344 g/mol. The number of nitrogens with zero attached hydrogens (tertiary/aromatic N) is 1. The summed E-state index contributed by atoms with van der Waals surface area (Å²) in [4.78, 5) is 0. The summed E-state index contributed by atoms with van der Waals surface area (Å²) in [5, 5.41) is 12.8. The number of methoxy groups -OCH3 is 1. The highest BCUT2D eigenvalue weighted by molar-refractivity contribution is 6.32. The highest BCUT2D eigenvalue weighted by Gasteiger charge is 2.11. The van der Waals surface area contributed by atoms with Crippen molar-refractivity contribution >= 4 is 11.6 Å². The van der Waals surface area contributed by atoms with Crippen LogP contribution in [0.4, 0.5) is 0 Å². The van der Waals surface area contributed by atoms with Gasteiger partial charge in [0.05, 0.1) is 30.4 Å². The van der Waals surface area contributed by atoms with Crippen molar-refractivity contribution in [1.82, 2.24) is 5.32 Å². The van der Waals surface area contributed by atoms with Crippen LogP contribution in [0, 0.1) is 11.3 Å². The van der Waals surface area contributed by atoms with E-state index in [0.29, 0.717) is 41.8 Å². The number of nitriles is 1. The van der Waals surface area contributed by atoms with E-state index < -0.39 is 0 Å². The summed E-state index contributed by atoms with van der Waals surface area (Å²) in [6.07, 6.45) is 0.907. The Morgan fingerprint density at radius 2 is 1.96 bits per heavy atom. The normalized spacial score (nSPS) is 10.2. The molecule has 2 rings (SSSR count). The van der Waals surface area contributed by atoms with E-state index in [4.69, 9.17) is 26.3 Å². The Kier molecular flexibility index (Phi) is 6.92. The van der Waals surface area contributed by atoms with Crippen LogP contribution in [0.1, 0.15) is 30.0 Å². The van der Waals surface area contributed by atoms with Gasteiger partial charge in [0, 0.05) is 13.1 Å². The largest absolute Gasteiger partial charge is 0.493 e. The van der Waals surface area contributed by atoms with Crippen molar-refractivity contribution in [3.05, 3.63) is 58.1 Å². The van der Waals surface area contributed by atoms with E-state index in [9.17, 15) is 0 Å². The first kappa shape index (κ1) is 18.1. The minimum absolute atomic E-state index is 0.547.